The van der Waals surface area contributed by atoms with Gasteiger partial charge in [0, 0.05) is 6.20 Å². The van der Waals surface area contributed by atoms with Gasteiger partial charge in [0.25, 0.3) is 0 Å². The number of thioether (sulfide) groups is 1. The molecule has 0 aromatic carbocycles. The van der Waals surface area contributed by atoms with Gasteiger partial charge in [0.2, 0.25) is 0 Å². The Morgan fingerprint density at radius 3 is 2.92 bits per heavy atom. The third kappa shape index (κ3) is 2.75. The van der Waals surface area contributed by atoms with Crippen molar-refractivity contribution in [2.45, 2.75) is 19.6 Å². The smallest absolute Gasteiger partial charge is 0.138 e. The van der Waals surface area contributed by atoms with Crippen LogP contribution in [0.15, 0.2) is 10.7 Å². The van der Waals surface area contributed by atoms with Crippen molar-refractivity contribution in [1.29, 1.82) is 0 Å². The minimum atomic E-state index is 0.907. The van der Waals surface area contributed by atoms with Gasteiger partial charge in [0.1, 0.15) is 5.82 Å². The van der Waals surface area contributed by atoms with Gasteiger partial charge in [-0.15, -0.1) is 0 Å². The zero-order valence-corrected chi connectivity index (χ0v) is 9.57. The second-order valence-electron chi connectivity index (χ2n) is 2.36. The maximum atomic E-state index is 4.33. The Balaban J connectivity index is 2.69. The van der Waals surface area contributed by atoms with Crippen molar-refractivity contribution in [1.82, 2.24) is 9.97 Å². The molecule has 0 bridgehead atoms. The Kier molecular flexibility index (Phi) is 4.01. The minimum absolute atomic E-state index is 0.907. The van der Waals surface area contributed by atoms with Crippen LogP contribution in [0.25, 0.3) is 0 Å². The molecule has 1 aromatic rings. The third-order valence-corrected chi connectivity index (χ3v) is 3.05. The van der Waals surface area contributed by atoms with Crippen molar-refractivity contribution in [3.63, 3.8) is 0 Å². The predicted octanol–water partition coefficient (Wildman–Crippen LogP) is 2.80. The van der Waals surface area contributed by atoms with E-state index in [0.29, 0.717) is 0 Å². The topological polar surface area (TPSA) is 25.8 Å². The van der Waals surface area contributed by atoms with Gasteiger partial charge in [-0.05, 0) is 28.6 Å². The lowest BCUT2D eigenvalue weighted by Crippen LogP contribution is -1.95. The zero-order chi connectivity index (χ0) is 8.97. The fraction of sp³-hybridized carbons (Fsp3) is 0.500. The number of aromatic nitrogens is 2. The van der Waals surface area contributed by atoms with Crippen LogP contribution in [0, 0.1) is 6.92 Å². The first-order valence-corrected chi connectivity index (χ1v) is 5.74. The molecule has 1 aromatic heterocycles. The molecular weight excluding hydrogens is 236 g/mol. The van der Waals surface area contributed by atoms with E-state index in [1.807, 2.05) is 24.9 Å². The molecule has 12 heavy (non-hydrogen) atoms. The zero-order valence-electron chi connectivity index (χ0n) is 7.17. The molecule has 0 spiro atoms. The molecule has 2 nitrogen and oxygen atoms in total. The van der Waals surface area contributed by atoms with Crippen LogP contribution in [-0.4, -0.2) is 15.7 Å². The summed E-state index contributed by atoms with van der Waals surface area (Å²) in [6.45, 7) is 4.11. The highest BCUT2D eigenvalue weighted by Crippen LogP contribution is 2.14. The van der Waals surface area contributed by atoms with Gasteiger partial charge in [-0.25, -0.2) is 9.97 Å². The van der Waals surface area contributed by atoms with E-state index in [0.717, 1.165) is 27.5 Å². The molecule has 66 valence electrons. The average Bonchev–Trinajstić information content (AvgIpc) is 2.07. The van der Waals surface area contributed by atoms with E-state index in [-0.39, 0.29) is 0 Å². The number of rotatable bonds is 3. The van der Waals surface area contributed by atoms with E-state index in [2.05, 4.69) is 32.8 Å². The van der Waals surface area contributed by atoms with Crippen LogP contribution in [0.1, 0.15) is 18.4 Å². The van der Waals surface area contributed by atoms with Crippen molar-refractivity contribution in [3.05, 3.63) is 22.2 Å². The fourth-order valence-electron chi connectivity index (χ4n) is 0.763. The Morgan fingerprint density at radius 1 is 1.58 bits per heavy atom. The second-order valence-corrected chi connectivity index (χ2v) is 4.49. The molecule has 1 rings (SSSR count). The number of hydrogen-bond donors (Lipinski definition) is 0. The average molecular weight is 247 g/mol. The van der Waals surface area contributed by atoms with E-state index in [1.54, 1.807) is 0 Å². The summed E-state index contributed by atoms with van der Waals surface area (Å²) in [6, 6.07) is 0. The SMILES string of the molecule is CCSCc1ncc(Br)c(C)n1. The number of hydrogen-bond acceptors (Lipinski definition) is 3. The van der Waals surface area contributed by atoms with Crippen LogP contribution < -0.4 is 0 Å². The Bertz CT molecular complexity index is 265. The first kappa shape index (κ1) is 9.99. The fourth-order valence-corrected chi connectivity index (χ4v) is 1.48. The maximum Gasteiger partial charge on any atom is 0.138 e. The molecule has 0 saturated carbocycles. The van der Waals surface area contributed by atoms with Crippen LogP contribution in [0.2, 0.25) is 0 Å². The first-order valence-electron chi connectivity index (χ1n) is 3.79. The molecule has 1 heterocycles. The van der Waals surface area contributed by atoms with Gasteiger partial charge in [-0.2, -0.15) is 11.8 Å². The van der Waals surface area contributed by atoms with Gasteiger partial charge in [-0.3, -0.25) is 0 Å². The van der Waals surface area contributed by atoms with Crippen molar-refractivity contribution in [2.75, 3.05) is 5.75 Å². The standard InChI is InChI=1S/C8H11BrN2S/c1-3-12-5-8-10-4-7(9)6(2)11-8/h4H,3,5H2,1-2H3. The Morgan fingerprint density at radius 2 is 2.33 bits per heavy atom. The molecule has 0 saturated heterocycles. The highest BCUT2D eigenvalue weighted by Gasteiger charge is 1.99. The van der Waals surface area contributed by atoms with E-state index < -0.39 is 0 Å². The van der Waals surface area contributed by atoms with E-state index >= 15 is 0 Å². The van der Waals surface area contributed by atoms with Gasteiger partial charge in [0.15, 0.2) is 0 Å². The normalized spacial score (nSPS) is 10.2. The third-order valence-electron chi connectivity index (χ3n) is 1.40. The Hall–Kier alpha value is -0.0900. The molecule has 0 radical (unpaired) electrons. The van der Waals surface area contributed by atoms with Crippen LogP contribution in [-0.2, 0) is 5.75 Å². The summed E-state index contributed by atoms with van der Waals surface area (Å²) in [5.74, 6) is 2.94. The van der Waals surface area contributed by atoms with Gasteiger partial charge < -0.3 is 0 Å². The van der Waals surface area contributed by atoms with Crippen molar-refractivity contribution < 1.29 is 0 Å². The summed E-state index contributed by atoms with van der Waals surface area (Å²) in [6.07, 6.45) is 1.81. The lowest BCUT2D eigenvalue weighted by Gasteiger charge is -2.00. The number of halogens is 1. The quantitative estimate of drug-likeness (QED) is 0.821. The second kappa shape index (κ2) is 4.82. The summed E-state index contributed by atoms with van der Waals surface area (Å²) >= 11 is 5.20. The molecule has 4 heteroatoms. The summed E-state index contributed by atoms with van der Waals surface area (Å²) in [4.78, 5) is 8.53. The van der Waals surface area contributed by atoms with Crippen molar-refractivity contribution in [3.8, 4) is 0 Å². The molecule has 0 aliphatic carbocycles. The van der Waals surface area contributed by atoms with E-state index in [4.69, 9.17) is 0 Å². The van der Waals surface area contributed by atoms with Crippen molar-refractivity contribution >= 4 is 27.7 Å². The number of aryl methyl sites for hydroxylation is 1. The highest BCUT2D eigenvalue weighted by molar-refractivity contribution is 9.10. The summed E-state index contributed by atoms with van der Waals surface area (Å²) in [5.41, 5.74) is 1.01. The Labute approximate surface area is 85.3 Å². The molecule has 0 aliphatic rings. The lowest BCUT2D eigenvalue weighted by molar-refractivity contribution is 0.984. The largest absolute Gasteiger partial charge is 0.239 e. The van der Waals surface area contributed by atoms with E-state index in [9.17, 15) is 0 Å². The molecule has 0 unspecified atom stereocenters. The van der Waals surface area contributed by atoms with Gasteiger partial charge in [-0.1, -0.05) is 6.92 Å². The first-order chi connectivity index (χ1) is 5.74. The highest BCUT2D eigenvalue weighted by atomic mass is 79.9. The molecule has 0 aliphatic heterocycles. The van der Waals surface area contributed by atoms with Crippen molar-refractivity contribution in [2.24, 2.45) is 0 Å². The van der Waals surface area contributed by atoms with E-state index in [1.165, 1.54) is 0 Å². The summed E-state index contributed by atoms with van der Waals surface area (Å²) in [7, 11) is 0. The monoisotopic (exact) mass is 246 g/mol. The minimum Gasteiger partial charge on any atom is -0.239 e. The maximum absolute atomic E-state index is 4.33. The summed E-state index contributed by atoms with van der Waals surface area (Å²) < 4.78 is 0.979. The lowest BCUT2D eigenvalue weighted by atomic mass is 10.4. The predicted molar refractivity (Wildman–Crippen MR) is 56.3 cm³/mol. The van der Waals surface area contributed by atoms with Crippen LogP contribution in [0.3, 0.4) is 0 Å². The van der Waals surface area contributed by atoms with Gasteiger partial charge >= 0.3 is 0 Å². The van der Waals surface area contributed by atoms with Gasteiger partial charge in [0.05, 0.1) is 15.9 Å². The number of nitrogens with zero attached hydrogens (tertiary/aromatic N) is 2. The summed E-state index contributed by atoms with van der Waals surface area (Å²) in [5, 5.41) is 0. The molecule has 0 amide bonds. The van der Waals surface area contributed by atoms with Crippen LogP contribution in [0.5, 0.6) is 0 Å². The van der Waals surface area contributed by atoms with Crippen LogP contribution in [0.4, 0.5) is 0 Å². The van der Waals surface area contributed by atoms with Crippen LogP contribution >= 0.6 is 27.7 Å². The molecule has 0 atom stereocenters. The molecule has 0 N–H and O–H groups in total. The molecule has 0 fully saturated rings. The molecular formula is C8H11BrN2S.